The van der Waals surface area contributed by atoms with Crippen LogP contribution in [0.2, 0.25) is 0 Å². The fourth-order valence-corrected chi connectivity index (χ4v) is 3.58. The SMILES string of the molecule is CC1CCC(C(N)c2ccnc3ccccc23)CC1C. The quantitative estimate of drug-likeness (QED) is 0.881. The van der Waals surface area contributed by atoms with E-state index in [0.29, 0.717) is 5.92 Å². The number of hydrogen-bond donors (Lipinski definition) is 1. The van der Waals surface area contributed by atoms with Crippen LogP contribution in [0.25, 0.3) is 10.9 Å². The lowest BCUT2D eigenvalue weighted by Crippen LogP contribution is -2.29. The summed E-state index contributed by atoms with van der Waals surface area (Å²) in [6.07, 6.45) is 5.71. The molecule has 1 saturated carbocycles. The smallest absolute Gasteiger partial charge is 0.0705 e. The highest BCUT2D eigenvalue weighted by Crippen LogP contribution is 2.39. The summed E-state index contributed by atoms with van der Waals surface area (Å²) in [6, 6.07) is 10.6. The number of nitrogens with two attached hydrogens (primary N) is 1. The number of hydrogen-bond acceptors (Lipinski definition) is 2. The van der Waals surface area contributed by atoms with Crippen LogP contribution in [0, 0.1) is 17.8 Å². The molecule has 1 aromatic carbocycles. The Labute approximate surface area is 121 Å². The van der Waals surface area contributed by atoms with Crippen LogP contribution >= 0.6 is 0 Å². The van der Waals surface area contributed by atoms with Gasteiger partial charge in [0.05, 0.1) is 5.52 Å². The van der Waals surface area contributed by atoms with Gasteiger partial charge in [-0.05, 0) is 48.3 Å². The zero-order chi connectivity index (χ0) is 14.1. The molecule has 0 saturated heterocycles. The lowest BCUT2D eigenvalue weighted by atomic mass is 9.72. The van der Waals surface area contributed by atoms with Gasteiger partial charge in [-0.3, -0.25) is 4.98 Å². The molecule has 0 amide bonds. The molecule has 4 unspecified atom stereocenters. The number of rotatable bonds is 2. The van der Waals surface area contributed by atoms with Crippen molar-refractivity contribution in [3.8, 4) is 0 Å². The fourth-order valence-electron chi connectivity index (χ4n) is 3.58. The molecule has 1 fully saturated rings. The molecule has 2 N–H and O–H groups in total. The summed E-state index contributed by atoms with van der Waals surface area (Å²) >= 11 is 0. The third-order valence-electron chi connectivity index (χ3n) is 5.19. The first-order chi connectivity index (χ1) is 9.66. The summed E-state index contributed by atoms with van der Waals surface area (Å²) in [6.45, 7) is 4.74. The lowest BCUT2D eigenvalue weighted by molar-refractivity contribution is 0.186. The molecule has 0 spiro atoms. The highest BCUT2D eigenvalue weighted by Gasteiger charge is 2.29. The molecule has 106 valence electrons. The van der Waals surface area contributed by atoms with Gasteiger partial charge in [0.2, 0.25) is 0 Å². The molecule has 1 aromatic heterocycles. The molecular formula is C18H24N2. The van der Waals surface area contributed by atoms with Gasteiger partial charge in [-0.1, -0.05) is 38.5 Å². The first kappa shape index (κ1) is 13.6. The van der Waals surface area contributed by atoms with Crippen molar-refractivity contribution >= 4 is 10.9 Å². The summed E-state index contributed by atoms with van der Waals surface area (Å²) in [5, 5.41) is 1.22. The molecule has 1 heterocycles. The Morgan fingerprint density at radius 2 is 1.90 bits per heavy atom. The van der Waals surface area contributed by atoms with Crippen molar-refractivity contribution in [3.05, 3.63) is 42.1 Å². The van der Waals surface area contributed by atoms with Gasteiger partial charge in [0.1, 0.15) is 0 Å². The standard InChI is InChI=1S/C18H24N2/c1-12-7-8-14(11-13(12)2)18(19)16-9-10-20-17-6-4-3-5-15(16)17/h3-6,9-10,12-14,18H,7-8,11,19H2,1-2H3. The largest absolute Gasteiger partial charge is 0.324 e. The van der Waals surface area contributed by atoms with Crippen LogP contribution in [0.15, 0.2) is 36.5 Å². The van der Waals surface area contributed by atoms with Crippen molar-refractivity contribution in [2.24, 2.45) is 23.5 Å². The number of benzene rings is 1. The van der Waals surface area contributed by atoms with Gasteiger partial charge < -0.3 is 5.73 Å². The first-order valence-corrected chi connectivity index (χ1v) is 7.76. The molecule has 3 rings (SSSR count). The van der Waals surface area contributed by atoms with Crippen molar-refractivity contribution < 1.29 is 0 Å². The molecule has 2 aromatic rings. The van der Waals surface area contributed by atoms with E-state index in [4.69, 9.17) is 5.73 Å². The Hall–Kier alpha value is -1.41. The van der Waals surface area contributed by atoms with E-state index >= 15 is 0 Å². The summed E-state index contributed by atoms with van der Waals surface area (Å²) < 4.78 is 0. The predicted molar refractivity (Wildman–Crippen MR) is 84.3 cm³/mol. The molecule has 0 radical (unpaired) electrons. The van der Waals surface area contributed by atoms with Gasteiger partial charge >= 0.3 is 0 Å². The van der Waals surface area contributed by atoms with E-state index in [0.717, 1.165) is 17.4 Å². The Bertz CT molecular complexity index is 587. The molecule has 4 atom stereocenters. The van der Waals surface area contributed by atoms with Gasteiger partial charge in [0.15, 0.2) is 0 Å². The third kappa shape index (κ3) is 2.45. The lowest BCUT2D eigenvalue weighted by Gasteiger charge is -2.35. The van der Waals surface area contributed by atoms with Crippen LogP contribution < -0.4 is 5.73 Å². The van der Waals surface area contributed by atoms with E-state index in [1.54, 1.807) is 0 Å². The number of para-hydroxylation sites is 1. The number of aromatic nitrogens is 1. The van der Waals surface area contributed by atoms with E-state index < -0.39 is 0 Å². The highest BCUT2D eigenvalue weighted by molar-refractivity contribution is 5.82. The van der Waals surface area contributed by atoms with Crippen LogP contribution in [0.1, 0.15) is 44.7 Å². The first-order valence-electron chi connectivity index (χ1n) is 7.76. The Morgan fingerprint density at radius 1 is 1.10 bits per heavy atom. The monoisotopic (exact) mass is 268 g/mol. The van der Waals surface area contributed by atoms with Gasteiger partial charge in [0.25, 0.3) is 0 Å². The Kier molecular flexibility index (Phi) is 3.75. The number of fused-ring (bicyclic) bond motifs is 1. The van der Waals surface area contributed by atoms with E-state index in [-0.39, 0.29) is 6.04 Å². The van der Waals surface area contributed by atoms with Crippen molar-refractivity contribution in [2.45, 2.75) is 39.2 Å². The van der Waals surface area contributed by atoms with Gasteiger partial charge in [-0.15, -0.1) is 0 Å². The van der Waals surface area contributed by atoms with E-state index in [1.807, 2.05) is 12.3 Å². The second-order valence-corrected chi connectivity index (χ2v) is 6.47. The summed E-state index contributed by atoms with van der Waals surface area (Å²) in [7, 11) is 0. The van der Waals surface area contributed by atoms with Crippen molar-refractivity contribution in [1.82, 2.24) is 4.98 Å². The van der Waals surface area contributed by atoms with Gasteiger partial charge in [-0.25, -0.2) is 0 Å². The van der Waals surface area contributed by atoms with Gasteiger partial charge in [-0.2, -0.15) is 0 Å². The average molecular weight is 268 g/mol. The minimum Gasteiger partial charge on any atom is -0.324 e. The molecule has 1 aliphatic carbocycles. The average Bonchev–Trinajstić information content (AvgIpc) is 2.49. The minimum absolute atomic E-state index is 0.137. The third-order valence-corrected chi connectivity index (χ3v) is 5.19. The summed E-state index contributed by atoms with van der Waals surface area (Å²) in [5.41, 5.74) is 8.94. The topological polar surface area (TPSA) is 38.9 Å². The second kappa shape index (κ2) is 5.53. The summed E-state index contributed by atoms with van der Waals surface area (Å²) in [5.74, 6) is 2.23. The fraction of sp³-hybridized carbons (Fsp3) is 0.500. The van der Waals surface area contributed by atoms with Crippen LogP contribution in [-0.4, -0.2) is 4.98 Å². The maximum Gasteiger partial charge on any atom is 0.0705 e. The zero-order valence-electron chi connectivity index (χ0n) is 12.4. The Balaban J connectivity index is 1.91. The molecule has 0 bridgehead atoms. The number of pyridine rings is 1. The molecule has 1 aliphatic rings. The van der Waals surface area contributed by atoms with Crippen LogP contribution in [-0.2, 0) is 0 Å². The maximum atomic E-state index is 6.62. The molecule has 2 heteroatoms. The predicted octanol–water partition coefficient (Wildman–Crippen LogP) is 4.31. The normalized spacial score (nSPS) is 28.4. The van der Waals surface area contributed by atoms with E-state index in [2.05, 4.69) is 43.1 Å². The van der Waals surface area contributed by atoms with E-state index in [9.17, 15) is 0 Å². The second-order valence-electron chi connectivity index (χ2n) is 6.47. The molecule has 2 nitrogen and oxygen atoms in total. The number of nitrogens with zero attached hydrogens (tertiary/aromatic N) is 1. The van der Waals surface area contributed by atoms with Crippen LogP contribution in [0.5, 0.6) is 0 Å². The molecule has 20 heavy (non-hydrogen) atoms. The van der Waals surface area contributed by atoms with Crippen molar-refractivity contribution in [3.63, 3.8) is 0 Å². The van der Waals surface area contributed by atoms with Crippen LogP contribution in [0.3, 0.4) is 0 Å². The maximum absolute atomic E-state index is 6.62. The Morgan fingerprint density at radius 3 is 2.70 bits per heavy atom. The van der Waals surface area contributed by atoms with Crippen molar-refractivity contribution in [2.75, 3.05) is 0 Å². The molecular weight excluding hydrogens is 244 g/mol. The highest BCUT2D eigenvalue weighted by atomic mass is 14.7. The zero-order valence-corrected chi connectivity index (χ0v) is 12.4. The van der Waals surface area contributed by atoms with Gasteiger partial charge in [0, 0.05) is 17.6 Å². The molecule has 0 aliphatic heterocycles. The summed E-state index contributed by atoms with van der Waals surface area (Å²) in [4.78, 5) is 4.44. The van der Waals surface area contributed by atoms with E-state index in [1.165, 1.54) is 30.2 Å². The van der Waals surface area contributed by atoms with Crippen LogP contribution in [0.4, 0.5) is 0 Å². The minimum atomic E-state index is 0.137. The van der Waals surface area contributed by atoms with Crippen molar-refractivity contribution in [1.29, 1.82) is 0 Å².